The molecule has 4 heteroatoms. The van der Waals surface area contributed by atoms with Crippen LogP contribution in [0.5, 0.6) is 0 Å². The maximum atomic E-state index is 11.8. The molecule has 2 aromatic rings. The number of para-hydroxylation sites is 1. The van der Waals surface area contributed by atoms with Gasteiger partial charge in [-0.25, -0.2) is 4.68 Å². The van der Waals surface area contributed by atoms with E-state index in [9.17, 15) is 4.79 Å². The Hall–Kier alpha value is -2.10. The lowest BCUT2D eigenvalue weighted by Crippen LogP contribution is -2.16. The van der Waals surface area contributed by atoms with E-state index < -0.39 is 0 Å². The van der Waals surface area contributed by atoms with Crippen molar-refractivity contribution in [2.24, 2.45) is 5.92 Å². The van der Waals surface area contributed by atoms with E-state index in [0.29, 0.717) is 0 Å². The molecule has 1 amide bonds. The normalized spacial score (nSPS) is 14.5. The zero-order valence-corrected chi connectivity index (χ0v) is 10.3. The fourth-order valence-electron chi connectivity index (χ4n) is 1.93. The van der Waals surface area contributed by atoms with E-state index in [2.05, 4.69) is 10.4 Å². The average molecular weight is 241 g/mol. The van der Waals surface area contributed by atoms with Crippen molar-refractivity contribution in [1.82, 2.24) is 9.78 Å². The molecular formula is C14H15N3O. The second-order valence-electron chi connectivity index (χ2n) is 4.68. The minimum absolute atomic E-state index is 0.104. The van der Waals surface area contributed by atoms with Crippen LogP contribution in [-0.4, -0.2) is 15.7 Å². The van der Waals surface area contributed by atoms with Crippen LogP contribution in [-0.2, 0) is 4.79 Å². The third kappa shape index (κ3) is 2.14. The highest BCUT2D eigenvalue weighted by Crippen LogP contribution is 2.30. The minimum Gasteiger partial charge on any atom is -0.310 e. The van der Waals surface area contributed by atoms with Crippen LogP contribution in [0.2, 0.25) is 0 Å². The second-order valence-corrected chi connectivity index (χ2v) is 4.68. The SMILES string of the molecule is Cc1cc(NC(=O)C2CC2)n(-c2ccccc2)n1. The summed E-state index contributed by atoms with van der Waals surface area (Å²) < 4.78 is 1.77. The predicted molar refractivity (Wildman–Crippen MR) is 69.7 cm³/mol. The Balaban J connectivity index is 1.92. The fraction of sp³-hybridized carbons (Fsp3) is 0.286. The molecule has 0 saturated heterocycles. The first kappa shape index (κ1) is 11.0. The van der Waals surface area contributed by atoms with E-state index in [1.165, 1.54) is 0 Å². The van der Waals surface area contributed by atoms with Gasteiger partial charge in [0.25, 0.3) is 0 Å². The highest BCUT2D eigenvalue weighted by Gasteiger charge is 2.30. The number of benzene rings is 1. The molecular weight excluding hydrogens is 226 g/mol. The van der Waals surface area contributed by atoms with Crippen molar-refractivity contribution in [2.75, 3.05) is 5.32 Å². The maximum Gasteiger partial charge on any atom is 0.228 e. The first-order valence-electron chi connectivity index (χ1n) is 6.17. The van der Waals surface area contributed by atoms with E-state index in [0.717, 1.165) is 30.0 Å². The Morgan fingerprint density at radius 3 is 2.72 bits per heavy atom. The van der Waals surface area contributed by atoms with Gasteiger partial charge < -0.3 is 5.32 Å². The van der Waals surface area contributed by atoms with Crippen molar-refractivity contribution in [3.63, 3.8) is 0 Å². The zero-order chi connectivity index (χ0) is 12.5. The number of nitrogens with one attached hydrogen (secondary N) is 1. The van der Waals surface area contributed by atoms with Gasteiger partial charge in [-0.15, -0.1) is 0 Å². The lowest BCUT2D eigenvalue weighted by Gasteiger charge is -2.08. The standard InChI is InChI=1S/C14H15N3O/c1-10-9-13(15-14(18)11-7-8-11)17(16-10)12-5-3-2-4-6-12/h2-6,9,11H,7-8H2,1H3,(H,15,18). The molecule has 1 aliphatic carbocycles. The molecule has 1 aromatic heterocycles. The van der Waals surface area contributed by atoms with Crippen LogP contribution in [0.25, 0.3) is 5.69 Å². The molecule has 0 atom stereocenters. The number of hydrogen-bond donors (Lipinski definition) is 1. The summed E-state index contributed by atoms with van der Waals surface area (Å²) in [4.78, 5) is 11.8. The lowest BCUT2D eigenvalue weighted by molar-refractivity contribution is -0.117. The van der Waals surface area contributed by atoms with Gasteiger partial charge in [-0.05, 0) is 31.9 Å². The molecule has 1 aromatic carbocycles. The molecule has 0 bridgehead atoms. The smallest absolute Gasteiger partial charge is 0.228 e. The van der Waals surface area contributed by atoms with Crippen LogP contribution in [0.1, 0.15) is 18.5 Å². The van der Waals surface area contributed by atoms with Gasteiger partial charge in [0.15, 0.2) is 0 Å². The number of carbonyl (C=O) groups excluding carboxylic acids is 1. The van der Waals surface area contributed by atoms with Gasteiger partial charge in [-0.2, -0.15) is 5.10 Å². The minimum atomic E-state index is 0.104. The van der Waals surface area contributed by atoms with E-state index >= 15 is 0 Å². The Morgan fingerprint density at radius 2 is 2.06 bits per heavy atom. The summed E-state index contributed by atoms with van der Waals surface area (Å²) in [6, 6.07) is 11.7. The molecule has 0 aliphatic heterocycles. The topological polar surface area (TPSA) is 46.9 Å². The third-order valence-corrected chi connectivity index (χ3v) is 3.03. The molecule has 92 valence electrons. The van der Waals surface area contributed by atoms with Gasteiger partial charge in [0.05, 0.1) is 11.4 Å². The molecule has 1 fully saturated rings. The Bertz CT molecular complexity index is 570. The van der Waals surface area contributed by atoms with Crippen LogP contribution < -0.4 is 5.32 Å². The molecule has 1 heterocycles. The van der Waals surface area contributed by atoms with Crippen LogP contribution >= 0.6 is 0 Å². The molecule has 1 N–H and O–H groups in total. The molecule has 1 saturated carbocycles. The lowest BCUT2D eigenvalue weighted by atomic mass is 10.3. The number of carbonyl (C=O) groups is 1. The summed E-state index contributed by atoms with van der Waals surface area (Å²) in [6.45, 7) is 1.92. The highest BCUT2D eigenvalue weighted by atomic mass is 16.2. The van der Waals surface area contributed by atoms with Gasteiger partial charge in [-0.1, -0.05) is 18.2 Å². The number of amides is 1. The molecule has 1 aliphatic rings. The zero-order valence-electron chi connectivity index (χ0n) is 10.3. The largest absolute Gasteiger partial charge is 0.310 e. The van der Waals surface area contributed by atoms with Crippen molar-refractivity contribution in [2.45, 2.75) is 19.8 Å². The van der Waals surface area contributed by atoms with Crippen molar-refractivity contribution in [3.8, 4) is 5.69 Å². The number of anilines is 1. The van der Waals surface area contributed by atoms with Gasteiger partial charge in [0.1, 0.15) is 5.82 Å². The van der Waals surface area contributed by atoms with Crippen molar-refractivity contribution < 1.29 is 4.79 Å². The van der Waals surface area contributed by atoms with Crippen LogP contribution in [0.4, 0.5) is 5.82 Å². The number of aryl methyl sites for hydroxylation is 1. The summed E-state index contributed by atoms with van der Waals surface area (Å²) in [5.41, 5.74) is 1.85. The number of nitrogens with zero attached hydrogens (tertiary/aromatic N) is 2. The van der Waals surface area contributed by atoms with Crippen LogP contribution in [0.15, 0.2) is 36.4 Å². The second kappa shape index (κ2) is 4.29. The quantitative estimate of drug-likeness (QED) is 0.897. The summed E-state index contributed by atoms with van der Waals surface area (Å²) in [5.74, 6) is 1.05. The summed E-state index contributed by atoms with van der Waals surface area (Å²) in [5, 5.41) is 7.37. The van der Waals surface area contributed by atoms with Gasteiger partial charge in [-0.3, -0.25) is 4.79 Å². The van der Waals surface area contributed by atoms with Gasteiger partial charge in [0.2, 0.25) is 5.91 Å². The van der Waals surface area contributed by atoms with E-state index in [1.807, 2.05) is 43.3 Å². The van der Waals surface area contributed by atoms with Gasteiger partial charge in [0, 0.05) is 12.0 Å². The molecule has 0 spiro atoms. The summed E-state index contributed by atoms with van der Waals surface area (Å²) >= 11 is 0. The van der Waals surface area contributed by atoms with Crippen LogP contribution in [0.3, 0.4) is 0 Å². The monoisotopic (exact) mass is 241 g/mol. The number of hydrogen-bond acceptors (Lipinski definition) is 2. The van der Waals surface area contributed by atoms with Crippen LogP contribution in [0, 0.1) is 12.8 Å². The fourth-order valence-corrected chi connectivity index (χ4v) is 1.93. The van der Waals surface area contributed by atoms with Gasteiger partial charge >= 0.3 is 0 Å². The summed E-state index contributed by atoms with van der Waals surface area (Å²) in [6.07, 6.45) is 2.01. The average Bonchev–Trinajstić information content (AvgIpc) is 3.16. The summed E-state index contributed by atoms with van der Waals surface area (Å²) in [7, 11) is 0. The first-order valence-corrected chi connectivity index (χ1v) is 6.17. The predicted octanol–water partition coefficient (Wildman–Crippen LogP) is 2.53. The number of rotatable bonds is 3. The van der Waals surface area contributed by atoms with Crippen molar-refractivity contribution in [1.29, 1.82) is 0 Å². The molecule has 3 rings (SSSR count). The Morgan fingerprint density at radius 1 is 1.33 bits per heavy atom. The van der Waals surface area contributed by atoms with E-state index in [-0.39, 0.29) is 11.8 Å². The molecule has 0 unspecified atom stereocenters. The maximum absolute atomic E-state index is 11.8. The van der Waals surface area contributed by atoms with E-state index in [4.69, 9.17) is 0 Å². The molecule has 4 nitrogen and oxygen atoms in total. The van der Waals surface area contributed by atoms with Crippen molar-refractivity contribution in [3.05, 3.63) is 42.1 Å². The highest BCUT2D eigenvalue weighted by molar-refractivity contribution is 5.93. The number of aromatic nitrogens is 2. The van der Waals surface area contributed by atoms with E-state index in [1.54, 1.807) is 4.68 Å². The Kier molecular flexibility index (Phi) is 2.63. The third-order valence-electron chi connectivity index (χ3n) is 3.03. The van der Waals surface area contributed by atoms with Crippen molar-refractivity contribution >= 4 is 11.7 Å². The molecule has 0 radical (unpaired) electrons. The Labute approximate surface area is 106 Å². The first-order chi connectivity index (χ1) is 8.74. The molecule has 18 heavy (non-hydrogen) atoms.